The first-order valence-corrected chi connectivity index (χ1v) is 9.16. The van der Waals surface area contributed by atoms with E-state index in [2.05, 4.69) is 5.32 Å². The van der Waals surface area contributed by atoms with Gasteiger partial charge >= 0.3 is 0 Å². The molecule has 0 fully saturated rings. The zero-order valence-corrected chi connectivity index (χ0v) is 15.6. The summed E-state index contributed by atoms with van der Waals surface area (Å²) in [5.41, 5.74) is 2.63. The largest absolute Gasteiger partial charge is 0.484 e. The molecule has 2 aromatic rings. The van der Waals surface area contributed by atoms with Gasteiger partial charge in [0, 0.05) is 19.8 Å². The summed E-state index contributed by atoms with van der Waals surface area (Å²) in [4.78, 5) is 12.2. The average molecular weight is 362 g/mol. The fraction of sp³-hybridized carbons (Fsp3) is 0.278. The Kier molecular flexibility index (Phi) is 5.81. The molecule has 0 bridgehead atoms. The second-order valence-electron chi connectivity index (χ2n) is 5.90. The first-order chi connectivity index (χ1) is 11.7. The number of carbonyl (C=O) groups is 1. The molecule has 0 heterocycles. The molecule has 0 aliphatic rings. The van der Waals surface area contributed by atoms with Gasteiger partial charge < -0.3 is 10.1 Å². The number of hydrogen-bond acceptors (Lipinski definition) is 4. The van der Waals surface area contributed by atoms with Crippen molar-refractivity contribution in [3.63, 3.8) is 0 Å². The SMILES string of the molecule is Cc1ccc(OCC(=O)Nc2cccc(S(=O)(=O)N(C)C)c2)cc1C. The molecule has 1 N–H and O–H groups in total. The Bertz CT molecular complexity index is 876. The Balaban J connectivity index is 2.02. The second kappa shape index (κ2) is 7.67. The van der Waals surface area contributed by atoms with Crippen molar-refractivity contribution in [1.82, 2.24) is 4.31 Å². The van der Waals surface area contributed by atoms with E-state index in [-0.39, 0.29) is 17.4 Å². The molecule has 0 aliphatic carbocycles. The normalized spacial score (nSPS) is 11.4. The Morgan fingerprint density at radius 3 is 2.44 bits per heavy atom. The monoisotopic (exact) mass is 362 g/mol. The van der Waals surface area contributed by atoms with Gasteiger partial charge in [0.05, 0.1) is 4.90 Å². The number of benzene rings is 2. The van der Waals surface area contributed by atoms with Crippen LogP contribution in [0.5, 0.6) is 5.75 Å². The van der Waals surface area contributed by atoms with Gasteiger partial charge in [0.25, 0.3) is 5.91 Å². The van der Waals surface area contributed by atoms with E-state index in [0.29, 0.717) is 11.4 Å². The molecule has 2 rings (SSSR count). The molecule has 0 saturated carbocycles. The topological polar surface area (TPSA) is 75.7 Å². The maximum atomic E-state index is 12.1. The van der Waals surface area contributed by atoms with Crippen molar-refractivity contribution in [3.05, 3.63) is 53.6 Å². The quantitative estimate of drug-likeness (QED) is 0.857. The number of anilines is 1. The minimum atomic E-state index is -3.55. The van der Waals surface area contributed by atoms with E-state index < -0.39 is 10.0 Å². The summed E-state index contributed by atoms with van der Waals surface area (Å²) >= 11 is 0. The number of rotatable bonds is 6. The molecular formula is C18H22N2O4S. The molecule has 0 saturated heterocycles. The van der Waals surface area contributed by atoms with Crippen LogP contribution < -0.4 is 10.1 Å². The van der Waals surface area contributed by atoms with Gasteiger partial charge in [0.2, 0.25) is 10.0 Å². The molecule has 2 aromatic carbocycles. The fourth-order valence-electron chi connectivity index (χ4n) is 2.09. The lowest BCUT2D eigenvalue weighted by Crippen LogP contribution is -2.23. The average Bonchev–Trinajstić information content (AvgIpc) is 2.56. The predicted octanol–water partition coefficient (Wildman–Crippen LogP) is 2.57. The molecule has 0 unspecified atom stereocenters. The third kappa shape index (κ3) is 4.80. The highest BCUT2D eigenvalue weighted by Gasteiger charge is 2.17. The first kappa shape index (κ1) is 19.0. The lowest BCUT2D eigenvalue weighted by Gasteiger charge is -2.13. The van der Waals surface area contributed by atoms with Crippen LogP contribution in [0.4, 0.5) is 5.69 Å². The van der Waals surface area contributed by atoms with Crippen molar-refractivity contribution in [2.75, 3.05) is 26.0 Å². The maximum Gasteiger partial charge on any atom is 0.262 e. The first-order valence-electron chi connectivity index (χ1n) is 7.72. The van der Waals surface area contributed by atoms with Crippen molar-refractivity contribution >= 4 is 21.6 Å². The molecule has 0 spiro atoms. The van der Waals surface area contributed by atoms with Gasteiger partial charge in [-0.05, 0) is 55.3 Å². The fourth-order valence-corrected chi connectivity index (χ4v) is 3.04. The van der Waals surface area contributed by atoms with Crippen LogP contribution in [0.1, 0.15) is 11.1 Å². The summed E-state index contributed by atoms with van der Waals surface area (Å²) < 4.78 is 30.9. The molecule has 0 atom stereocenters. The number of carbonyl (C=O) groups excluding carboxylic acids is 1. The van der Waals surface area contributed by atoms with Crippen molar-refractivity contribution in [2.24, 2.45) is 0 Å². The molecule has 6 nitrogen and oxygen atoms in total. The highest BCUT2D eigenvalue weighted by Crippen LogP contribution is 2.19. The van der Waals surface area contributed by atoms with Crippen LogP contribution in [0.25, 0.3) is 0 Å². The highest BCUT2D eigenvalue weighted by molar-refractivity contribution is 7.89. The molecule has 134 valence electrons. The van der Waals surface area contributed by atoms with E-state index in [0.717, 1.165) is 15.4 Å². The Morgan fingerprint density at radius 1 is 1.08 bits per heavy atom. The van der Waals surface area contributed by atoms with Crippen LogP contribution >= 0.6 is 0 Å². The van der Waals surface area contributed by atoms with Crippen molar-refractivity contribution in [1.29, 1.82) is 0 Å². The lowest BCUT2D eigenvalue weighted by atomic mass is 10.1. The van der Waals surface area contributed by atoms with Crippen molar-refractivity contribution < 1.29 is 17.9 Å². The van der Waals surface area contributed by atoms with Gasteiger partial charge in [-0.25, -0.2) is 12.7 Å². The lowest BCUT2D eigenvalue weighted by molar-refractivity contribution is -0.118. The van der Waals surface area contributed by atoms with Gasteiger partial charge in [-0.2, -0.15) is 0 Å². The number of nitrogens with zero attached hydrogens (tertiary/aromatic N) is 1. The van der Waals surface area contributed by atoms with Crippen LogP contribution in [0.2, 0.25) is 0 Å². The molecule has 1 amide bonds. The highest BCUT2D eigenvalue weighted by atomic mass is 32.2. The van der Waals surface area contributed by atoms with Gasteiger partial charge in [-0.1, -0.05) is 12.1 Å². The maximum absolute atomic E-state index is 12.1. The zero-order valence-electron chi connectivity index (χ0n) is 14.7. The van der Waals surface area contributed by atoms with E-state index in [1.165, 1.54) is 26.2 Å². The van der Waals surface area contributed by atoms with Crippen LogP contribution in [-0.2, 0) is 14.8 Å². The number of sulfonamides is 1. The van der Waals surface area contributed by atoms with Crippen LogP contribution in [0.3, 0.4) is 0 Å². The van der Waals surface area contributed by atoms with Gasteiger partial charge in [0.15, 0.2) is 6.61 Å². The molecular weight excluding hydrogens is 340 g/mol. The van der Waals surface area contributed by atoms with Gasteiger partial charge in [-0.15, -0.1) is 0 Å². The molecule has 25 heavy (non-hydrogen) atoms. The van der Waals surface area contributed by atoms with E-state index in [1.807, 2.05) is 26.0 Å². The third-order valence-corrected chi connectivity index (χ3v) is 5.56. The summed E-state index contributed by atoms with van der Waals surface area (Å²) in [5.74, 6) is 0.250. The number of nitrogens with one attached hydrogen (secondary N) is 1. The van der Waals surface area contributed by atoms with Gasteiger partial charge in [0.1, 0.15) is 5.75 Å². The Hall–Kier alpha value is -2.38. The molecule has 0 radical (unpaired) electrons. The second-order valence-corrected chi connectivity index (χ2v) is 8.05. The number of ether oxygens (including phenoxy) is 1. The Labute approximate surface area is 148 Å². The van der Waals surface area contributed by atoms with E-state index in [9.17, 15) is 13.2 Å². The number of hydrogen-bond donors (Lipinski definition) is 1. The molecule has 7 heteroatoms. The zero-order chi connectivity index (χ0) is 18.6. The minimum absolute atomic E-state index is 0.116. The van der Waals surface area contributed by atoms with E-state index >= 15 is 0 Å². The standard InChI is InChI=1S/C18H22N2O4S/c1-13-8-9-16(10-14(13)2)24-12-18(21)19-15-6-5-7-17(11-15)25(22,23)20(3)4/h5-11H,12H2,1-4H3,(H,19,21). The Morgan fingerprint density at radius 2 is 1.80 bits per heavy atom. The van der Waals surface area contributed by atoms with Crippen LogP contribution in [0, 0.1) is 13.8 Å². The molecule has 0 aliphatic heterocycles. The van der Waals surface area contributed by atoms with Gasteiger partial charge in [-0.3, -0.25) is 4.79 Å². The predicted molar refractivity (Wildman–Crippen MR) is 97.4 cm³/mol. The summed E-state index contributed by atoms with van der Waals surface area (Å²) in [6.07, 6.45) is 0. The minimum Gasteiger partial charge on any atom is -0.484 e. The summed E-state index contributed by atoms with van der Waals surface area (Å²) in [5, 5.41) is 2.64. The van der Waals surface area contributed by atoms with Crippen molar-refractivity contribution in [2.45, 2.75) is 18.7 Å². The summed E-state index contributed by atoms with van der Waals surface area (Å²) in [7, 11) is -0.636. The smallest absolute Gasteiger partial charge is 0.262 e. The summed E-state index contributed by atoms with van der Waals surface area (Å²) in [6.45, 7) is 3.81. The summed E-state index contributed by atoms with van der Waals surface area (Å²) in [6, 6.07) is 11.7. The van der Waals surface area contributed by atoms with E-state index in [1.54, 1.807) is 18.2 Å². The number of aryl methyl sites for hydroxylation is 2. The van der Waals surface area contributed by atoms with E-state index in [4.69, 9.17) is 4.74 Å². The third-order valence-electron chi connectivity index (χ3n) is 3.74. The van der Waals surface area contributed by atoms with Crippen LogP contribution in [0.15, 0.2) is 47.4 Å². The van der Waals surface area contributed by atoms with Crippen LogP contribution in [-0.4, -0.2) is 39.3 Å². The number of amides is 1. The van der Waals surface area contributed by atoms with Crippen molar-refractivity contribution in [3.8, 4) is 5.75 Å². The molecule has 0 aromatic heterocycles.